The van der Waals surface area contributed by atoms with Crippen LogP contribution in [0, 0.1) is 0 Å². The first-order chi connectivity index (χ1) is 11.0. The second kappa shape index (κ2) is 6.16. The van der Waals surface area contributed by atoms with Crippen LogP contribution in [0.1, 0.15) is 18.1 Å². The zero-order valence-electron chi connectivity index (χ0n) is 13.5. The molecule has 0 amide bonds. The summed E-state index contributed by atoms with van der Waals surface area (Å²) in [7, 11) is 4.00. The summed E-state index contributed by atoms with van der Waals surface area (Å²) in [5.41, 5.74) is 3.59. The number of carbonyl (C=O) groups is 1. The maximum atomic E-state index is 12.1. The summed E-state index contributed by atoms with van der Waals surface area (Å²) in [6.45, 7) is 1.80. The van der Waals surface area contributed by atoms with Crippen LogP contribution in [0.25, 0.3) is 11.6 Å². The third-order valence-electron chi connectivity index (χ3n) is 3.78. The molecule has 0 N–H and O–H groups in total. The smallest absolute Gasteiger partial charge is 0.231 e. The summed E-state index contributed by atoms with van der Waals surface area (Å²) in [4.78, 5) is 14.1. The Hall–Kier alpha value is -2.75. The molecule has 0 saturated heterocycles. The molecule has 3 rings (SSSR count). The minimum Gasteiger partial charge on any atom is -0.454 e. The van der Waals surface area contributed by atoms with Crippen LogP contribution in [0.2, 0.25) is 0 Å². The molecule has 0 aliphatic carbocycles. The largest absolute Gasteiger partial charge is 0.454 e. The Balaban J connectivity index is 1.96. The molecule has 1 aliphatic heterocycles. The fourth-order valence-electron chi connectivity index (χ4n) is 2.49. The van der Waals surface area contributed by atoms with Crippen LogP contribution in [0.4, 0.5) is 5.69 Å². The van der Waals surface area contributed by atoms with Gasteiger partial charge in [0.25, 0.3) is 0 Å². The third-order valence-corrected chi connectivity index (χ3v) is 3.78. The number of ketones is 1. The summed E-state index contributed by atoms with van der Waals surface area (Å²) < 4.78 is 10.7. The molecule has 0 aromatic heterocycles. The average molecular weight is 309 g/mol. The summed E-state index contributed by atoms with van der Waals surface area (Å²) in [6, 6.07) is 13.6. The number of carbonyl (C=O) groups excluding carboxylic acids is 1. The Morgan fingerprint density at radius 2 is 1.74 bits per heavy atom. The van der Waals surface area contributed by atoms with Gasteiger partial charge in [0.1, 0.15) is 0 Å². The van der Waals surface area contributed by atoms with E-state index in [4.69, 9.17) is 9.47 Å². The predicted molar refractivity (Wildman–Crippen MR) is 91.9 cm³/mol. The number of fused-ring (bicyclic) bond motifs is 1. The molecule has 0 radical (unpaired) electrons. The Morgan fingerprint density at radius 3 is 2.39 bits per heavy atom. The monoisotopic (exact) mass is 309 g/mol. The number of hydrogen-bond donors (Lipinski definition) is 0. The van der Waals surface area contributed by atoms with Gasteiger partial charge in [-0.3, -0.25) is 4.79 Å². The number of anilines is 1. The minimum atomic E-state index is 0.0144. The van der Waals surface area contributed by atoms with Gasteiger partial charge < -0.3 is 14.4 Å². The molecular formula is C19H19NO3. The van der Waals surface area contributed by atoms with Crippen molar-refractivity contribution >= 4 is 23.1 Å². The zero-order chi connectivity index (χ0) is 16.4. The van der Waals surface area contributed by atoms with Crippen LogP contribution in [0.3, 0.4) is 0 Å². The molecular weight excluding hydrogens is 290 g/mol. The summed E-state index contributed by atoms with van der Waals surface area (Å²) in [5, 5.41) is 0. The lowest BCUT2D eigenvalue weighted by atomic mass is 9.99. The molecule has 1 aliphatic rings. The lowest BCUT2D eigenvalue weighted by molar-refractivity contribution is -0.111. The van der Waals surface area contributed by atoms with Crippen molar-refractivity contribution in [3.63, 3.8) is 0 Å². The minimum absolute atomic E-state index is 0.0144. The van der Waals surface area contributed by atoms with E-state index in [9.17, 15) is 4.79 Å². The number of Topliss-reactive ketones (excluding diaryl/α,β-unsaturated/α-hetero) is 1. The highest BCUT2D eigenvalue weighted by Crippen LogP contribution is 2.35. The Labute approximate surface area is 135 Å². The number of hydrogen-bond acceptors (Lipinski definition) is 4. The lowest BCUT2D eigenvalue weighted by Gasteiger charge is -2.12. The zero-order valence-corrected chi connectivity index (χ0v) is 13.5. The fourth-order valence-corrected chi connectivity index (χ4v) is 2.49. The van der Waals surface area contributed by atoms with Gasteiger partial charge in [-0.15, -0.1) is 0 Å². The van der Waals surface area contributed by atoms with Gasteiger partial charge in [-0.1, -0.05) is 18.2 Å². The van der Waals surface area contributed by atoms with Crippen molar-refractivity contribution in [3.05, 3.63) is 53.6 Å². The van der Waals surface area contributed by atoms with E-state index in [1.54, 1.807) is 6.92 Å². The molecule has 2 aromatic carbocycles. The molecule has 2 aromatic rings. The van der Waals surface area contributed by atoms with Crippen molar-refractivity contribution in [2.75, 3.05) is 25.8 Å². The fraction of sp³-hybridized carbons (Fsp3) is 0.211. The highest BCUT2D eigenvalue weighted by atomic mass is 16.7. The molecule has 0 unspecified atom stereocenters. The topological polar surface area (TPSA) is 38.8 Å². The Bertz CT molecular complexity index is 761. The van der Waals surface area contributed by atoms with E-state index in [2.05, 4.69) is 0 Å². The van der Waals surface area contributed by atoms with E-state index < -0.39 is 0 Å². The van der Waals surface area contributed by atoms with Crippen LogP contribution in [0.15, 0.2) is 42.5 Å². The molecule has 0 spiro atoms. The van der Waals surface area contributed by atoms with E-state index in [1.165, 1.54) is 0 Å². The number of allylic oxidation sites excluding steroid dienone is 1. The van der Waals surface area contributed by atoms with E-state index in [1.807, 2.05) is 67.5 Å². The maximum Gasteiger partial charge on any atom is 0.231 e. The standard InChI is InChI=1S/C19H19NO3/c1-13(21)17(10-14-4-7-16(8-5-14)20(2)3)15-6-9-18-19(11-15)23-12-22-18/h4-11H,12H2,1-3H3/b17-10-. The first-order valence-electron chi connectivity index (χ1n) is 7.44. The number of benzene rings is 2. The van der Waals surface area contributed by atoms with Gasteiger partial charge in [-0.2, -0.15) is 0 Å². The first kappa shape index (κ1) is 15.2. The molecule has 0 saturated carbocycles. The van der Waals surface area contributed by atoms with E-state index in [0.29, 0.717) is 17.1 Å². The first-order valence-corrected chi connectivity index (χ1v) is 7.44. The SMILES string of the molecule is CC(=O)/C(=C/c1ccc(N(C)C)cc1)c1ccc2c(c1)OCO2. The normalized spacial score (nSPS) is 13.1. The summed E-state index contributed by atoms with van der Waals surface area (Å²) in [5.74, 6) is 1.41. The van der Waals surface area contributed by atoms with Crippen molar-refractivity contribution in [1.82, 2.24) is 0 Å². The molecule has 0 fully saturated rings. The molecule has 0 atom stereocenters. The Kier molecular flexibility index (Phi) is 4.06. The van der Waals surface area contributed by atoms with E-state index >= 15 is 0 Å². The molecule has 23 heavy (non-hydrogen) atoms. The van der Waals surface area contributed by atoms with Gasteiger partial charge in [0.05, 0.1) is 0 Å². The molecule has 1 heterocycles. The second-order valence-electron chi connectivity index (χ2n) is 5.67. The number of rotatable bonds is 4. The highest BCUT2D eigenvalue weighted by molar-refractivity contribution is 6.24. The lowest BCUT2D eigenvalue weighted by Crippen LogP contribution is -2.07. The number of ether oxygens (including phenoxy) is 2. The third kappa shape index (κ3) is 3.21. The van der Waals surface area contributed by atoms with E-state index in [0.717, 1.165) is 16.8 Å². The van der Waals surface area contributed by atoms with Gasteiger partial charge in [-0.05, 0) is 48.4 Å². The second-order valence-corrected chi connectivity index (χ2v) is 5.67. The highest BCUT2D eigenvalue weighted by Gasteiger charge is 2.16. The molecule has 118 valence electrons. The Morgan fingerprint density at radius 1 is 1.04 bits per heavy atom. The van der Waals surface area contributed by atoms with E-state index in [-0.39, 0.29) is 12.6 Å². The van der Waals surface area contributed by atoms with Crippen LogP contribution >= 0.6 is 0 Å². The average Bonchev–Trinajstić information content (AvgIpc) is 3.00. The molecule has 4 heteroatoms. The van der Waals surface area contributed by atoms with Crippen molar-refractivity contribution in [2.24, 2.45) is 0 Å². The van der Waals surface area contributed by atoms with Gasteiger partial charge in [-0.25, -0.2) is 0 Å². The summed E-state index contributed by atoms with van der Waals surface area (Å²) in [6.07, 6.45) is 1.90. The van der Waals surface area contributed by atoms with Gasteiger partial charge in [0.2, 0.25) is 6.79 Å². The van der Waals surface area contributed by atoms with Gasteiger partial charge >= 0.3 is 0 Å². The van der Waals surface area contributed by atoms with Crippen LogP contribution in [0.5, 0.6) is 11.5 Å². The van der Waals surface area contributed by atoms with Crippen molar-refractivity contribution in [2.45, 2.75) is 6.92 Å². The summed E-state index contributed by atoms with van der Waals surface area (Å²) >= 11 is 0. The molecule has 4 nitrogen and oxygen atoms in total. The van der Waals surface area contributed by atoms with Crippen molar-refractivity contribution in [1.29, 1.82) is 0 Å². The van der Waals surface area contributed by atoms with Gasteiger partial charge in [0.15, 0.2) is 17.3 Å². The quantitative estimate of drug-likeness (QED) is 0.639. The van der Waals surface area contributed by atoms with Crippen molar-refractivity contribution < 1.29 is 14.3 Å². The van der Waals surface area contributed by atoms with Crippen LogP contribution in [-0.4, -0.2) is 26.7 Å². The predicted octanol–water partition coefficient (Wildman–Crippen LogP) is 3.61. The number of nitrogens with zero attached hydrogens (tertiary/aromatic N) is 1. The van der Waals surface area contributed by atoms with Gasteiger partial charge in [0, 0.05) is 25.4 Å². The van der Waals surface area contributed by atoms with Crippen LogP contribution in [-0.2, 0) is 4.79 Å². The van der Waals surface area contributed by atoms with Crippen LogP contribution < -0.4 is 14.4 Å². The maximum absolute atomic E-state index is 12.1. The van der Waals surface area contributed by atoms with Crippen molar-refractivity contribution in [3.8, 4) is 11.5 Å². The molecule has 0 bridgehead atoms.